The second kappa shape index (κ2) is 9.20. The molecule has 0 bridgehead atoms. The second-order valence-electron chi connectivity index (χ2n) is 10.8. The zero-order valence-electron chi connectivity index (χ0n) is 22.3. The molecule has 1 saturated heterocycles. The minimum atomic E-state index is -0.526. The van der Waals surface area contributed by atoms with Crippen molar-refractivity contribution in [1.82, 2.24) is 24.3 Å². The third-order valence-electron chi connectivity index (χ3n) is 6.65. The highest BCUT2D eigenvalue weighted by atomic mass is 16.6. The van der Waals surface area contributed by atoms with Crippen LogP contribution in [0.25, 0.3) is 5.65 Å². The molecule has 0 radical (unpaired) electrons. The van der Waals surface area contributed by atoms with Crippen LogP contribution in [0.15, 0.2) is 24.7 Å². The first-order chi connectivity index (χ1) is 17.5. The molecule has 11 heteroatoms. The average Bonchev–Trinajstić information content (AvgIpc) is 3.41. The minimum Gasteiger partial charge on any atom is -0.444 e. The van der Waals surface area contributed by atoms with Gasteiger partial charge in [0.1, 0.15) is 11.4 Å². The van der Waals surface area contributed by atoms with Gasteiger partial charge in [0, 0.05) is 55.9 Å². The number of anilines is 3. The molecule has 0 saturated carbocycles. The van der Waals surface area contributed by atoms with Crippen molar-refractivity contribution in [3.63, 3.8) is 0 Å². The molecule has 0 aliphatic carbocycles. The molecular formula is C26H34N8O3. The number of aromatic nitrogens is 4. The summed E-state index contributed by atoms with van der Waals surface area (Å²) in [6, 6.07) is 1.72. The molecule has 5 heterocycles. The third-order valence-corrected chi connectivity index (χ3v) is 6.65. The fourth-order valence-electron chi connectivity index (χ4n) is 5.05. The summed E-state index contributed by atoms with van der Waals surface area (Å²) < 4.78 is 7.46. The molecule has 1 N–H and O–H groups in total. The van der Waals surface area contributed by atoms with Gasteiger partial charge in [-0.25, -0.2) is 24.5 Å². The largest absolute Gasteiger partial charge is 0.444 e. The zero-order chi connectivity index (χ0) is 26.5. The highest BCUT2D eigenvalue weighted by Gasteiger charge is 2.34. The molecule has 3 aromatic rings. The van der Waals surface area contributed by atoms with E-state index in [1.54, 1.807) is 22.2 Å². The van der Waals surface area contributed by atoms with Crippen molar-refractivity contribution >= 4 is 35.1 Å². The van der Waals surface area contributed by atoms with E-state index in [1.807, 2.05) is 58.2 Å². The number of urea groups is 1. The SMILES string of the molecule is Cc1cn2cc(NC(=O)N3CCc4c(N5CCN(C(=O)OC(C)(C)C)[C@@H](C)C5)ccnc43)nc(C)c2n1. The monoisotopic (exact) mass is 506 g/mol. The van der Waals surface area contributed by atoms with E-state index in [9.17, 15) is 9.59 Å². The Balaban J connectivity index is 1.31. The van der Waals surface area contributed by atoms with Gasteiger partial charge in [-0.15, -0.1) is 0 Å². The Morgan fingerprint density at radius 1 is 1.11 bits per heavy atom. The number of aryl methyl sites for hydroxylation is 2. The lowest BCUT2D eigenvalue weighted by Crippen LogP contribution is -2.55. The summed E-state index contributed by atoms with van der Waals surface area (Å²) >= 11 is 0. The molecule has 2 aliphatic rings. The van der Waals surface area contributed by atoms with Gasteiger partial charge in [-0.3, -0.25) is 10.2 Å². The summed E-state index contributed by atoms with van der Waals surface area (Å²) in [4.78, 5) is 45.1. The summed E-state index contributed by atoms with van der Waals surface area (Å²) in [7, 11) is 0. The Bertz CT molecular complexity index is 1360. The van der Waals surface area contributed by atoms with E-state index in [0.717, 1.165) is 28.3 Å². The molecule has 0 spiro atoms. The van der Waals surface area contributed by atoms with Crippen LogP contribution in [0.4, 0.5) is 26.9 Å². The molecule has 0 aromatic carbocycles. The highest BCUT2D eigenvalue weighted by Crippen LogP contribution is 2.35. The molecule has 11 nitrogen and oxygen atoms in total. The van der Waals surface area contributed by atoms with Gasteiger partial charge in [0.15, 0.2) is 11.5 Å². The van der Waals surface area contributed by atoms with Crippen LogP contribution in [-0.2, 0) is 11.2 Å². The lowest BCUT2D eigenvalue weighted by molar-refractivity contribution is 0.0159. The summed E-state index contributed by atoms with van der Waals surface area (Å²) in [5.41, 5.74) is 3.98. The molecule has 2 aliphatic heterocycles. The predicted molar refractivity (Wildman–Crippen MR) is 141 cm³/mol. The first-order valence-electron chi connectivity index (χ1n) is 12.6. The van der Waals surface area contributed by atoms with Crippen LogP contribution in [0.3, 0.4) is 0 Å². The van der Waals surface area contributed by atoms with Crippen LogP contribution in [0.5, 0.6) is 0 Å². The summed E-state index contributed by atoms with van der Waals surface area (Å²) in [6.07, 6.45) is 5.84. The van der Waals surface area contributed by atoms with Crippen LogP contribution < -0.4 is 15.1 Å². The topological polar surface area (TPSA) is 108 Å². The first-order valence-corrected chi connectivity index (χ1v) is 12.6. The number of nitrogens with one attached hydrogen (secondary N) is 1. The molecule has 0 unspecified atom stereocenters. The number of hydrogen-bond acceptors (Lipinski definition) is 7. The van der Waals surface area contributed by atoms with Crippen molar-refractivity contribution in [2.75, 3.05) is 41.3 Å². The molecule has 196 valence electrons. The maximum Gasteiger partial charge on any atom is 0.410 e. The van der Waals surface area contributed by atoms with Crippen molar-refractivity contribution in [1.29, 1.82) is 0 Å². The van der Waals surface area contributed by atoms with E-state index in [-0.39, 0.29) is 18.2 Å². The van der Waals surface area contributed by atoms with Crippen LogP contribution >= 0.6 is 0 Å². The molecule has 1 fully saturated rings. The van der Waals surface area contributed by atoms with Gasteiger partial charge in [-0.05, 0) is 54.0 Å². The van der Waals surface area contributed by atoms with E-state index >= 15 is 0 Å². The molecular weight excluding hydrogens is 472 g/mol. The quantitative estimate of drug-likeness (QED) is 0.563. The van der Waals surface area contributed by atoms with Crippen molar-refractivity contribution < 1.29 is 14.3 Å². The highest BCUT2D eigenvalue weighted by molar-refractivity contribution is 6.02. The number of ether oxygens (including phenoxy) is 1. The summed E-state index contributed by atoms with van der Waals surface area (Å²) in [5, 5.41) is 2.93. The standard InChI is InChI=1S/C26H34N8O3/c1-16-13-32-15-21(29-18(3)22(32)28-16)30-24(35)34-10-8-19-20(7-9-27-23(19)34)31-11-12-33(17(2)14-31)25(36)37-26(4,5)6/h7,9,13,15,17H,8,10-12,14H2,1-6H3,(H,30,35)/t17-/m0/s1. The number of imidazole rings is 1. The van der Waals surface area contributed by atoms with E-state index in [2.05, 4.69) is 25.2 Å². The molecule has 3 amide bonds. The Kier molecular flexibility index (Phi) is 6.17. The summed E-state index contributed by atoms with van der Waals surface area (Å²) in [5.74, 6) is 1.12. The number of fused-ring (bicyclic) bond motifs is 2. The Morgan fingerprint density at radius 2 is 1.89 bits per heavy atom. The molecule has 1 atom stereocenters. The number of amides is 3. The number of carbonyl (C=O) groups is 2. The Hall–Kier alpha value is -3.89. The maximum atomic E-state index is 13.2. The number of rotatable bonds is 2. The fourth-order valence-corrected chi connectivity index (χ4v) is 5.05. The van der Waals surface area contributed by atoms with Crippen LogP contribution in [0.1, 0.15) is 44.6 Å². The number of pyridine rings is 1. The van der Waals surface area contributed by atoms with E-state index in [0.29, 0.717) is 44.2 Å². The van der Waals surface area contributed by atoms with Gasteiger partial charge in [0.25, 0.3) is 0 Å². The molecule has 3 aromatic heterocycles. The minimum absolute atomic E-state index is 0.00994. The normalized spacial score (nSPS) is 17.8. The van der Waals surface area contributed by atoms with E-state index < -0.39 is 5.60 Å². The molecule has 5 rings (SSSR count). The van der Waals surface area contributed by atoms with Crippen molar-refractivity contribution in [2.24, 2.45) is 0 Å². The number of piperazine rings is 1. The third kappa shape index (κ3) is 4.90. The predicted octanol–water partition coefficient (Wildman–Crippen LogP) is 3.78. The summed E-state index contributed by atoms with van der Waals surface area (Å²) in [6.45, 7) is 13.9. The van der Waals surface area contributed by atoms with Gasteiger partial charge in [0.05, 0.1) is 17.6 Å². The van der Waals surface area contributed by atoms with Crippen LogP contribution in [-0.4, -0.2) is 74.2 Å². The van der Waals surface area contributed by atoms with E-state index in [1.165, 1.54) is 0 Å². The Morgan fingerprint density at radius 3 is 2.62 bits per heavy atom. The molecule has 37 heavy (non-hydrogen) atoms. The van der Waals surface area contributed by atoms with Gasteiger partial charge in [0.2, 0.25) is 0 Å². The number of hydrogen-bond donors (Lipinski definition) is 1. The zero-order valence-corrected chi connectivity index (χ0v) is 22.3. The lowest BCUT2D eigenvalue weighted by Gasteiger charge is -2.41. The van der Waals surface area contributed by atoms with Gasteiger partial charge in [-0.2, -0.15) is 0 Å². The van der Waals surface area contributed by atoms with Gasteiger partial charge >= 0.3 is 12.1 Å². The van der Waals surface area contributed by atoms with Gasteiger partial charge < -0.3 is 18.9 Å². The Labute approximate surface area is 216 Å². The lowest BCUT2D eigenvalue weighted by atomic mass is 10.1. The van der Waals surface area contributed by atoms with Crippen molar-refractivity contribution in [2.45, 2.75) is 59.6 Å². The maximum absolute atomic E-state index is 13.2. The second-order valence-corrected chi connectivity index (χ2v) is 10.8. The number of nitrogens with zero attached hydrogens (tertiary/aromatic N) is 7. The van der Waals surface area contributed by atoms with Crippen molar-refractivity contribution in [3.8, 4) is 0 Å². The van der Waals surface area contributed by atoms with Crippen LogP contribution in [0.2, 0.25) is 0 Å². The van der Waals surface area contributed by atoms with Gasteiger partial charge in [-0.1, -0.05) is 0 Å². The first kappa shape index (κ1) is 24.8. The number of carbonyl (C=O) groups excluding carboxylic acids is 2. The van der Waals surface area contributed by atoms with E-state index in [4.69, 9.17) is 4.74 Å². The fraction of sp³-hybridized carbons (Fsp3) is 0.500. The van der Waals surface area contributed by atoms with Crippen molar-refractivity contribution in [3.05, 3.63) is 41.6 Å². The van der Waals surface area contributed by atoms with Crippen LogP contribution in [0, 0.1) is 13.8 Å². The average molecular weight is 507 g/mol. The smallest absolute Gasteiger partial charge is 0.410 e.